The summed E-state index contributed by atoms with van der Waals surface area (Å²) < 4.78 is 26.8. The smallest absolute Gasteiger partial charge is 0.207 e. The molecular formula is C14H14ClN3O2S. The second-order valence-corrected chi connectivity index (χ2v) is 7.17. The zero-order valence-electron chi connectivity index (χ0n) is 11.3. The van der Waals surface area contributed by atoms with Crippen LogP contribution in [0.1, 0.15) is 31.2 Å². The van der Waals surface area contributed by atoms with E-state index in [9.17, 15) is 8.42 Å². The average Bonchev–Trinajstić information content (AvgIpc) is 2.98. The Hall–Kier alpha value is -1.60. The second-order valence-electron chi connectivity index (χ2n) is 4.90. The topological polar surface area (TPSA) is 85.0 Å². The van der Waals surface area contributed by atoms with Crippen molar-refractivity contribution in [1.29, 1.82) is 10.5 Å². The van der Waals surface area contributed by atoms with E-state index in [0.717, 1.165) is 25.7 Å². The summed E-state index contributed by atoms with van der Waals surface area (Å²) in [6.45, 7) is -0.208. The van der Waals surface area contributed by atoms with E-state index < -0.39 is 10.0 Å². The number of halogens is 1. The van der Waals surface area contributed by atoms with Gasteiger partial charge in [-0.3, -0.25) is 0 Å². The SMILES string of the molecule is N#CCN(C1CCCC1)S(=O)(=O)c1cc(C#N)ccc1Cl. The van der Waals surface area contributed by atoms with Gasteiger partial charge in [0.1, 0.15) is 11.4 Å². The third kappa shape index (κ3) is 3.19. The van der Waals surface area contributed by atoms with Gasteiger partial charge in [-0.2, -0.15) is 14.8 Å². The zero-order valence-corrected chi connectivity index (χ0v) is 12.9. The zero-order chi connectivity index (χ0) is 15.5. The second kappa shape index (κ2) is 6.44. The Morgan fingerprint density at radius 3 is 2.52 bits per heavy atom. The van der Waals surface area contributed by atoms with Crippen molar-refractivity contribution in [3.63, 3.8) is 0 Å². The summed E-state index contributed by atoms with van der Waals surface area (Å²) in [6.07, 6.45) is 3.40. The van der Waals surface area contributed by atoms with Gasteiger partial charge in [0, 0.05) is 6.04 Å². The normalized spacial score (nSPS) is 15.8. The lowest BCUT2D eigenvalue weighted by Gasteiger charge is -2.26. The molecular weight excluding hydrogens is 310 g/mol. The molecule has 0 atom stereocenters. The molecule has 1 aromatic rings. The molecule has 2 rings (SSSR count). The van der Waals surface area contributed by atoms with Gasteiger partial charge in [-0.15, -0.1) is 0 Å². The van der Waals surface area contributed by atoms with E-state index in [1.165, 1.54) is 22.5 Å². The van der Waals surface area contributed by atoms with Crippen LogP contribution in [0.2, 0.25) is 5.02 Å². The molecule has 5 nitrogen and oxygen atoms in total. The molecule has 0 aliphatic heterocycles. The highest BCUT2D eigenvalue weighted by Crippen LogP contribution is 2.31. The minimum absolute atomic E-state index is 0.0648. The molecule has 1 saturated carbocycles. The van der Waals surface area contributed by atoms with Crippen molar-refractivity contribution in [3.05, 3.63) is 28.8 Å². The van der Waals surface area contributed by atoms with Crippen LogP contribution >= 0.6 is 11.6 Å². The molecule has 0 amide bonds. The lowest BCUT2D eigenvalue weighted by Crippen LogP contribution is -2.39. The van der Waals surface area contributed by atoms with Crippen molar-refractivity contribution < 1.29 is 8.42 Å². The van der Waals surface area contributed by atoms with Crippen LogP contribution in [0.5, 0.6) is 0 Å². The van der Waals surface area contributed by atoms with Crippen molar-refractivity contribution in [1.82, 2.24) is 4.31 Å². The molecule has 0 saturated heterocycles. The molecule has 1 aliphatic rings. The fraction of sp³-hybridized carbons (Fsp3) is 0.429. The number of sulfonamides is 1. The molecule has 0 aromatic heterocycles. The maximum atomic E-state index is 12.8. The van der Waals surface area contributed by atoms with Crippen LogP contribution in [-0.2, 0) is 10.0 Å². The quantitative estimate of drug-likeness (QED) is 0.797. The third-order valence-corrected chi connectivity index (χ3v) is 5.99. The molecule has 0 N–H and O–H groups in total. The van der Waals surface area contributed by atoms with Gasteiger partial charge in [-0.25, -0.2) is 8.42 Å². The lowest BCUT2D eigenvalue weighted by atomic mass is 10.2. The highest BCUT2D eigenvalue weighted by Gasteiger charge is 2.34. The Kier molecular flexibility index (Phi) is 4.84. The van der Waals surface area contributed by atoms with E-state index in [0.29, 0.717) is 0 Å². The first-order valence-corrected chi connectivity index (χ1v) is 8.41. The third-order valence-electron chi connectivity index (χ3n) is 3.61. The molecule has 0 heterocycles. The first-order chi connectivity index (χ1) is 10.0. The van der Waals surface area contributed by atoms with E-state index in [1.807, 2.05) is 12.1 Å². The number of nitrogens with zero attached hydrogens (tertiary/aromatic N) is 3. The Labute approximate surface area is 129 Å². The first-order valence-electron chi connectivity index (χ1n) is 6.59. The summed E-state index contributed by atoms with van der Waals surface area (Å²) in [5.41, 5.74) is 0.223. The predicted molar refractivity (Wildman–Crippen MR) is 77.9 cm³/mol. The predicted octanol–water partition coefficient (Wildman–Crippen LogP) is 2.67. The van der Waals surface area contributed by atoms with Crippen LogP contribution in [0.4, 0.5) is 0 Å². The van der Waals surface area contributed by atoms with Gasteiger partial charge in [0.25, 0.3) is 0 Å². The van der Waals surface area contributed by atoms with Gasteiger partial charge in [0.2, 0.25) is 10.0 Å². The number of rotatable bonds is 4. The highest BCUT2D eigenvalue weighted by atomic mass is 35.5. The standard InChI is InChI=1S/C14H14ClN3O2S/c15-13-6-5-11(10-17)9-14(13)21(19,20)18(8-7-16)12-3-1-2-4-12/h5-6,9,12H,1-4,8H2. The Morgan fingerprint density at radius 1 is 1.29 bits per heavy atom. The molecule has 0 unspecified atom stereocenters. The summed E-state index contributed by atoms with van der Waals surface area (Å²) in [5, 5.41) is 17.9. The number of hydrogen-bond donors (Lipinski definition) is 0. The summed E-state index contributed by atoms with van der Waals surface area (Å²) in [5.74, 6) is 0. The fourth-order valence-electron chi connectivity index (χ4n) is 2.57. The van der Waals surface area contributed by atoms with Crippen molar-refractivity contribution in [2.75, 3.05) is 6.54 Å². The average molecular weight is 324 g/mol. The van der Waals surface area contributed by atoms with Crippen LogP contribution in [0.15, 0.2) is 23.1 Å². The monoisotopic (exact) mass is 323 g/mol. The summed E-state index contributed by atoms with van der Waals surface area (Å²) in [6, 6.07) is 7.76. The van der Waals surface area contributed by atoms with Gasteiger partial charge in [-0.05, 0) is 31.0 Å². The Morgan fingerprint density at radius 2 is 1.95 bits per heavy atom. The van der Waals surface area contributed by atoms with Crippen LogP contribution in [-0.4, -0.2) is 25.3 Å². The van der Waals surface area contributed by atoms with Gasteiger partial charge >= 0.3 is 0 Å². The molecule has 1 aliphatic carbocycles. The van der Waals surface area contributed by atoms with E-state index in [2.05, 4.69) is 0 Å². The number of hydrogen-bond acceptors (Lipinski definition) is 4. The van der Waals surface area contributed by atoms with Crippen LogP contribution in [0.25, 0.3) is 0 Å². The summed E-state index contributed by atoms with van der Waals surface area (Å²) >= 11 is 5.99. The van der Waals surface area contributed by atoms with Gasteiger partial charge in [-0.1, -0.05) is 24.4 Å². The Bertz CT molecular complexity index is 713. The maximum absolute atomic E-state index is 12.8. The summed E-state index contributed by atoms with van der Waals surface area (Å²) in [4.78, 5) is -0.106. The minimum Gasteiger partial charge on any atom is -0.207 e. The van der Waals surface area contributed by atoms with Crippen LogP contribution in [0, 0.1) is 22.7 Å². The van der Waals surface area contributed by atoms with E-state index in [1.54, 1.807) is 0 Å². The lowest BCUT2D eigenvalue weighted by molar-refractivity contribution is 0.350. The van der Waals surface area contributed by atoms with Crippen molar-refractivity contribution in [3.8, 4) is 12.1 Å². The molecule has 110 valence electrons. The van der Waals surface area contributed by atoms with Crippen molar-refractivity contribution >= 4 is 21.6 Å². The van der Waals surface area contributed by atoms with Gasteiger partial charge in [0.05, 0.1) is 22.7 Å². The molecule has 0 spiro atoms. The van der Waals surface area contributed by atoms with E-state index >= 15 is 0 Å². The van der Waals surface area contributed by atoms with E-state index in [4.69, 9.17) is 22.1 Å². The van der Waals surface area contributed by atoms with E-state index in [-0.39, 0.29) is 28.1 Å². The summed E-state index contributed by atoms with van der Waals surface area (Å²) in [7, 11) is -3.88. The van der Waals surface area contributed by atoms with Gasteiger partial charge in [0.15, 0.2) is 0 Å². The minimum atomic E-state index is -3.88. The molecule has 0 bridgehead atoms. The molecule has 7 heteroatoms. The molecule has 1 fully saturated rings. The number of nitriles is 2. The Balaban J connectivity index is 2.48. The largest absolute Gasteiger partial charge is 0.245 e. The van der Waals surface area contributed by atoms with Gasteiger partial charge < -0.3 is 0 Å². The molecule has 21 heavy (non-hydrogen) atoms. The first kappa shape index (κ1) is 15.8. The fourth-order valence-corrected chi connectivity index (χ4v) is 4.65. The number of benzene rings is 1. The van der Waals surface area contributed by atoms with Crippen molar-refractivity contribution in [2.45, 2.75) is 36.6 Å². The molecule has 1 aromatic carbocycles. The highest BCUT2D eigenvalue weighted by molar-refractivity contribution is 7.89. The maximum Gasteiger partial charge on any atom is 0.245 e. The van der Waals surface area contributed by atoms with Crippen molar-refractivity contribution in [2.24, 2.45) is 0 Å². The van der Waals surface area contributed by atoms with Crippen LogP contribution in [0.3, 0.4) is 0 Å². The molecule has 0 radical (unpaired) electrons. The van der Waals surface area contributed by atoms with Crippen LogP contribution < -0.4 is 0 Å².